The van der Waals surface area contributed by atoms with Crippen molar-refractivity contribution in [3.63, 3.8) is 0 Å². The predicted molar refractivity (Wildman–Crippen MR) is 105 cm³/mol. The Hall–Kier alpha value is -2.78. The molecule has 0 unspecified atom stereocenters. The molecule has 10 heteroatoms. The second kappa shape index (κ2) is 7.09. The highest BCUT2D eigenvalue weighted by Gasteiger charge is 2.22. The maximum absolute atomic E-state index is 11.3. The zero-order valence-corrected chi connectivity index (χ0v) is 16.3. The van der Waals surface area contributed by atoms with Gasteiger partial charge in [-0.15, -0.1) is 0 Å². The van der Waals surface area contributed by atoms with Crippen LogP contribution in [-0.4, -0.2) is 26.0 Å². The van der Waals surface area contributed by atoms with Crippen LogP contribution in [0.15, 0.2) is 39.9 Å². The molecule has 0 aliphatic heterocycles. The van der Waals surface area contributed by atoms with E-state index in [0.29, 0.717) is 27.7 Å². The Balaban J connectivity index is 1.95. The van der Waals surface area contributed by atoms with Crippen LogP contribution >= 0.6 is 23.8 Å². The van der Waals surface area contributed by atoms with Crippen molar-refractivity contribution >= 4 is 35.7 Å². The summed E-state index contributed by atoms with van der Waals surface area (Å²) < 4.78 is 7.56. The fourth-order valence-corrected chi connectivity index (χ4v) is 2.78. The first-order chi connectivity index (χ1) is 12.7. The molecule has 0 aliphatic carbocycles. The van der Waals surface area contributed by atoms with E-state index >= 15 is 0 Å². The summed E-state index contributed by atoms with van der Waals surface area (Å²) in [6.07, 6.45) is 1.48. The van der Waals surface area contributed by atoms with Crippen molar-refractivity contribution in [3.8, 4) is 11.3 Å². The van der Waals surface area contributed by atoms with E-state index in [2.05, 4.69) is 15.3 Å². The van der Waals surface area contributed by atoms with Gasteiger partial charge in [0.05, 0.1) is 16.7 Å². The molecule has 140 valence electrons. The van der Waals surface area contributed by atoms with Crippen molar-refractivity contribution in [3.05, 3.63) is 61.8 Å². The highest BCUT2D eigenvalue weighted by Crippen LogP contribution is 2.33. The maximum atomic E-state index is 11.3. The summed E-state index contributed by atoms with van der Waals surface area (Å²) >= 11 is 11.1. The Morgan fingerprint density at radius 2 is 2.11 bits per heavy atom. The zero-order chi connectivity index (χ0) is 19.8. The lowest BCUT2D eigenvalue weighted by Crippen LogP contribution is -2.17. The minimum absolute atomic E-state index is 0.132. The van der Waals surface area contributed by atoms with E-state index in [1.165, 1.54) is 17.0 Å². The molecule has 0 atom stereocenters. The van der Waals surface area contributed by atoms with Gasteiger partial charge in [-0.2, -0.15) is 14.9 Å². The van der Waals surface area contributed by atoms with Crippen LogP contribution in [0.2, 0.25) is 5.02 Å². The van der Waals surface area contributed by atoms with Gasteiger partial charge in [0.2, 0.25) is 4.77 Å². The van der Waals surface area contributed by atoms with Gasteiger partial charge < -0.3 is 4.42 Å². The molecule has 0 saturated carbocycles. The quantitative estimate of drug-likeness (QED) is 0.286. The largest absolute Gasteiger partial charge is 0.455 e. The number of hydrogen-bond donors (Lipinski definition) is 1. The maximum Gasteiger partial charge on any atom is 0.281 e. The standard InChI is InChI=1S/C17H16ClN5O3S/c1-17(2,3)15-20-21-16(27)22(15)19-9-11-5-7-14(26-11)12-6-4-10(18)8-13(12)23(24)25/h4-9H,1-3H3,(H,21,27)/b19-9-. The van der Waals surface area contributed by atoms with Crippen LogP contribution in [0.25, 0.3) is 11.3 Å². The Labute approximate surface area is 164 Å². The van der Waals surface area contributed by atoms with E-state index in [0.717, 1.165) is 0 Å². The van der Waals surface area contributed by atoms with Crippen molar-refractivity contribution in [2.24, 2.45) is 5.10 Å². The van der Waals surface area contributed by atoms with Gasteiger partial charge in [0.15, 0.2) is 5.82 Å². The summed E-state index contributed by atoms with van der Waals surface area (Å²) in [7, 11) is 0. The molecule has 3 rings (SSSR count). The smallest absolute Gasteiger partial charge is 0.281 e. The lowest BCUT2D eigenvalue weighted by molar-refractivity contribution is -0.384. The third kappa shape index (κ3) is 3.99. The van der Waals surface area contributed by atoms with Crippen LogP contribution in [0.4, 0.5) is 5.69 Å². The average molecular weight is 406 g/mol. The number of nitro benzene ring substituents is 1. The van der Waals surface area contributed by atoms with Crippen molar-refractivity contribution in [2.75, 3.05) is 0 Å². The highest BCUT2D eigenvalue weighted by atomic mass is 35.5. The summed E-state index contributed by atoms with van der Waals surface area (Å²) in [5.41, 5.74) is -0.0601. The molecular weight excluding hydrogens is 390 g/mol. The first-order valence-corrected chi connectivity index (χ1v) is 8.72. The molecule has 0 bridgehead atoms. The third-order valence-electron chi connectivity index (χ3n) is 3.67. The van der Waals surface area contributed by atoms with Crippen molar-refractivity contribution in [1.82, 2.24) is 14.9 Å². The molecule has 3 aromatic rings. The third-order valence-corrected chi connectivity index (χ3v) is 4.17. The van der Waals surface area contributed by atoms with Crippen LogP contribution in [-0.2, 0) is 5.41 Å². The fraction of sp³-hybridized carbons (Fsp3) is 0.235. The molecule has 1 N–H and O–H groups in total. The summed E-state index contributed by atoms with van der Waals surface area (Å²) in [5, 5.41) is 22.8. The Morgan fingerprint density at radius 1 is 1.37 bits per heavy atom. The minimum atomic E-state index is -0.502. The molecule has 0 aliphatic rings. The van der Waals surface area contributed by atoms with E-state index in [-0.39, 0.29) is 16.1 Å². The second-order valence-electron chi connectivity index (χ2n) is 6.78. The topological polar surface area (TPSA) is 102 Å². The summed E-state index contributed by atoms with van der Waals surface area (Å²) in [5.74, 6) is 1.42. The molecule has 1 aromatic carbocycles. The van der Waals surface area contributed by atoms with Crippen LogP contribution in [0, 0.1) is 14.9 Å². The van der Waals surface area contributed by atoms with Gasteiger partial charge >= 0.3 is 0 Å². The molecule has 8 nitrogen and oxygen atoms in total. The Morgan fingerprint density at radius 3 is 2.78 bits per heavy atom. The molecule has 0 fully saturated rings. The van der Waals surface area contributed by atoms with E-state index in [1.807, 2.05) is 20.8 Å². The number of rotatable bonds is 4. The number of nitrogens with zero attached hydrogens (tertiary/aromatic N) is 4. The summed E-state index contributed by atoms with van der Waals surface area (Å²) in [6, 6.07) is 7.70. The number of furan rings is 1. The van der Waals surface area contributed by atoms with Crippen LogP contribution in [0.5, 0.6) is 0 Å². The number of aromatic nitrogens is 3. The first kappa shape index (κ1) is 19.0. The normalized spacial score (nSPS) is 12.0. The van der Waals surface area contributed by atoms with Gasteiger partial charge in [0.25, 0.3) is 5.69 Å². The predicted octanol–water partition coefficient (Wildman–Crippen LogP) is 4.94. The van der Waals surface area contributed by atoms with E-state index in [1.54, 1.807) is 24.3 Å². The number of aromatic amines is 1. The Kier molecular flexibility index (Phi) is 4.99. The van der Waals surface area contributed by atoms with Gasteiger partial charge in [0.1, 0.15) is 11.5 Å². The molecule has 0 radical (unpaired) electrons. The number of nitrogens with one attached hydrogen (secondary N) is 1. The SMILES string of the molecule is CC(C)(C)c1n[nH]c(=S)n1/N=C\c1ccc(-c2ccc(Cl)cc2[N+](=O)[O-])o1. The molecule has 27 heavy (non-hydrogen) atoms. The summed E-state index contributed by atoms with van der Waals surface area (Å²) in [4.78, 5) is 10.8. The van der Waals surface area contributed by atoms with Gasteiger partial charge in [-0.3, -0.25) is 15.2 Å². The van der Waals surface area contributed by atoms with Crippen molar-refractivity contribution in [1.29, 1.82) is 0 Å². The van der Waals surface area contributed by atoms with Crippen molar-refractivity contribution < 1.29 is 9.34 Å². The fourth-order valence-electron chi connectivity index (χ4n) is 2.43. The van der Waals surface area contributed by atoms with Gasteiger partial charge in [-0.1, -0.05) is 32.4 Å². The molecule has 0 spiro atoms. The highest BCUT2D eigenvalue weighted by molar-refractivity contribution is 7.71. The molecule has 0 amide bonds. The van der Waals surface area contributed by atoms with Crippen molar-refractivity contribution in [2.45, 2.75) is 26.2 Å². The molecule has 0 saturated heterocycles. The van der Waals surface area contributed by atoms with Gasteiger partial charge in [0, 0.05) is 16.5 Å². The van der Waals surface area contributed by atoms with Crippen LogP contribution < -0.4 is 0 Å². The molecular formula is C17H16ClN5O3S. The van der Waals surface area contributed by atoms with E-state index in [9.17, 15) is 10.1 Å². The monoisotopic (exact) mass is 405 g/mol. The number of halogens is 1. The lowest BCUT2D eigenvalue weighted by atomic mass is 9.96. The van der Waals surface area contributed by atoms with E-state index in [4.69, 9.17) is 28.2 Å². The molecule has 2 heterocycles. The first-order valence-electron chi connectivity index (χ1n) is 7.93. The average Bonchev–Trinajstić information content (AvgIpc) is 3.19. The lowest BCUT2D eigenvalue weighted by Gasteiger charge is -2.15. The Bertz CT molecular complexity index is 1090. The number of H-pyrrole nitrogens is 1. The molecule has 2 aromatic heterocycles. The minimum Gasteiger partial charge on any atom is -0.455 e. The van der Waals surface area contributed by atoms with Crippen LogP contribution in [0.3, 0.4) is 0 Å². The number of nitro groups is 1. The zero-order valence-electron chi connectivity index (χ0n) is 14.8. The van der Waals surface area contributed by atoms with Crippen LogP contribution in [0.1, 0.15) is 32.4 Å². The number of hydrogen-bond acceptors (Lipinski definition) is 6. The number of benzene rings is 1. The van der Waals surface area contributed by atoms with E-state index < -0.39 is 4.92 Å². The summed E-state index contributed by atoms with van der Waals surface area (Å²) in [6.45, 7) is 5.98. The van der Waals surface area contributed by atoms with Gasteiger partial charge in [-0.05, 0) is 36.5 Å². The second-order valence-corrected chi connectivity index (χ2v) is 7.60. The van der Waals surface area contributed by atoms with Gasteiger partial charge in [-0.25, -0.2) is 0 Å².